The zero-order chi connectivity index (χ0) is 24.4. The van der Waals surface area contributed by atoms with Crippen molar-refractivity contribution < 1.29 is 20.2 Å². The molecule has 4 N–H and O–H groups in total. The number of nitrogens with zero attached hydrogens (tertiary/aromatic N) is 5. The Kier molecular flexibility index (Phi) is 10.7. The van der Waals surface area contributed by atoms with E-state index in [0.29, 0.717) is 24.3 Å². The highest BCUT2D eigenvalue weighted by atomic mass is 16.7. The average molecular weight is 456 g/mol. The highest BCUT2D eigenvalue weighted by molar-refractivity contribution is 5.92. The van der Waals surface area contributed by atoms with Crippen LogP contribution in [-0.2, 0) is 11.4 Å². The van der Waals surface area contributed by atoms with Gasteiger partial charge in [-0.1, -0.05) is 35.6 Å². The van der Waals surface area contributed by atoms with E-state index < -0.39 is 22.1 Å². The van der Waals surface area contributed by atoms with Gasteiger partial charge in [-0.3, -0.25) is 4.84 Å². The molecular weight excluding hydrogens is 418 g/mol. The Labute approximate surface area is 188 Å². The Balaban J connectivity index is 3.01. The van der Waals surface area contributed by atoms with Gasteiger partial charge in [-0.2, -0.15) is 5.48 Å². The lowest BCUT2D eigenvalue weighted by Crippen LogP contribution is -2.53. The van der Waals surface area contributed by atoms with Crippen LogP contribution in [0.15, 0.2) is 22.7 Å². The Hall–Kier alpha value is -2.57. The maximum atomic E-state index is 11.3. The largest absolute Gasteiger partial charge is 0.434 e. The number of imidazole rings is 1. The smallest absolute Gasteiger partial charge is 0.411 e. The lowest BCUT2D eigenvalue weighted by Gasteiger charge is -2.32. The molecular formula is C20H37N7O5. The number of rotatable bonds is 15. The van der Waals surface area contributed by atoms with Gasteiger partial charge < -0.3 is 25.8 Å². The number of nitro groups is 1. The van der Waals surface area contributed by atoms with Crippen LogP contribution in [0.1, 0.15) is 67.2 Å². The molecule has 0 radical (unpaired) electrons. The van der Waals surface area contributed by atoms with Crippen LogP contribution >= 0.6 is 0 Å². The van der Waals surface area contributed by atoms with E-state index in [9.17, 15) is 20.5 Å². The Morgan fingerprint density at radius 2 is 1.91 bits per heavy atom. The van der Waals surface area contributed by atoms with Gasteiger partial charge in [0.1, 0.15) is 25.0 Å². The first-order chi connectivity index (χ1) is 15.0. The van der Waals surface area contributed by atoms with Crippen LogP contribution in [0.4, 0.5) is 5.95 Å². The Morgan fingerprint density at radius 1 is 1.25 bits per heavy atom. The minimum Gasteiger partial charge on any atom is -0.411 e. The normalized spacial score (nSPS) is 14.6. The molecule has 182 valence electrons. The van der Waals surface area contributed by atoms with Crippen molar-refractivity contribution in [2.45, 2.75) is 91.0 Å². The summed E-state index contributed by atoms with van der Waals surface area (Å²) in [5.74, 6) is -0.288. The van der Waals surface area contributed by atoms with E-state index in [1.807, 2.05) is 41.5 Å². The molecule has 0 aliphatic carbocycles. The molecule has 0 aromatic carbocycles. The summed E-state index contributed by atoms with van der Waals surface area (Å²) < 4.78 is 1.40. The molecule has 0 saturated heterocycles. The van der Waals surface area contributed by atoms with Crippen LogP contribution in [0.5, 0.6) is 0 Å². The van der Waals surface area contributed by atoms with Gasteiger partial charge in [0.05, 0.1) is 22.5 Å². The van der Waals surface area contributed by atoms with Crippen molar-refractivity contribution >= 4 is 17.4 Å². The maximum absolute atomic E-state index is 11.3. The first kappa shape index (κ1) is 27.5. The third-order valence-electron chi connectivity index (χ3n) is 5.30. The third kappa shape index (κ3) is 7.84. The van der Waals surface area contributed by atoms with E-state index in [2.05, 4.69) is 26.1 Å². The molecule has 1 heterocycles. The quantitative estimate of drug-likeness (QED) is 0.136. The van der Waals surface area contributed by atoms with E-state index in [0.717, 1.165) is 12.8 Å². The molecule has 0 aliphatic rings. The van der Waals surface area contributed by atoms with Gasteiger partial charge in [-0.15, -0.1) is 0 Å². The predicted octanol–water partition coefficient (Wildman–Crippen LogP) is 3.09. The van der Waals surface area contributed by atoms with Crippen molar-refractivity contribution in [1.82, 2.24) is 20.3 Å². The van der Waals surface area contributed by atoms with Gasteiger partial charge in [-0.25, -0.2) is 4.57 Å². The highest BCUT2D eigenvalue weighted by Crippen LogP contribution is 2.15. The molecule has 1 atom stereocenters. The van der Waals surface area contributed by atoms with Crippen molar-refractivity contribution in [3.63, 3.8) is 0 Å². The lowest BCUT2D eigenvalue weighted by atomic mass is 9.95. The minimum absolute atomic E-state index is 0.140. The monoisotopic (exact) mass is 455 g/mol. The van der Waals surface area contributed by atoms with Crippen molar-refractivity contribution in [3.05, 3.63) is 22.5 Å². The van der Waals surface area contributed by atoms with Crippen LogP contribution in [-0.4, -0.2) is 60.0 Å². The number of hydroxylamine groups is 1. The molecule has 0 spiro atoms. The zero-order valence-corrected chi connectivity index (χ0v) is 19.8. The fraction of sp³-hybridized carbons (Fsp3) is 0.750. The first-order valence-electron chi connectivity index (χ1n) is 10.8. The first-order valence-corrected chi connectivity index (χ1v) is 10.8. The van der Waals surface area contributed by atoms with Crippen molar-refractivity contribution in [2.75, 3.05) is 6.54 Å². The number of nitrogens with one attached hydrogen (secondary N) is 2. The number of hydrogen-bond acceptors (Lipinski definition) is 10. The summed E-state index contributed by atoms with van der Waals surface area (Å²) in [7, 11) is 0. The molecule has 1 unspecified atom stereocenters. The van der Waals surface area contributed by atoms with Crippen molar-refractivity contribution in [3.8, 4) is 0 Å². The summed E-state index contributed by atoms with van der Waals surface area (Å²) in [4.78, 5) is 20.4. The predicted molar refractivity (Wildman–Crippen MR) is 121 cm³/mol. The van der Waals surface area contributed by atoms with E-state index >= 15 is 0 Å². The van der Waals surface area contributed by atoms with Gasteiger partial charge in [0.25, 0.3) is 0 Å². The molecule has 1 aromatic rings. The van der Waals surface area contributed by atoms with E-state index in [-0.39, 0.29) is 19.0 Å². The summed E-state index contributed by atoms with van der Waals surface area (Å²) in [5.41, 5.74) is 2.68. The second kappa shape index (κ2) is 12.5. The molecule has 0 bridgehead atoms. The SMILES string of the molecule is CCCCC(=NO)C(C)(C)NOC(CNC(C)(C)C(CC)=NO)Cn1ccnc1[N+](=O)[O-]. The zero-order valence-electron chi connectivity index (χ0n) is 19.8. The highest BCUT2D eigenvalue weighted by Gasteiger charge is 2.30. The van der Waals surface area contributed by atoms with Crippen LogP contribution in [0.2, 0.25) is 0 Å². The Morgan fingerprint density at radius 3 is 2.44 bits per heavy atom. The van der Waals surface area contributed by atoms with Gasteiger partial charge >= 0.3 is 5.95 Å². The van der Waals surface area contributed by atoms with Crippen LogP contribution < -0.4 is 10.8 Å². The summed E-state index contributed by atoms with van der Waals surface area (Å²) >= 11 is 0. The van der Waals surface area contributed by atoms with Crippen LogP contribution in [0.3, 0.4) is 0 Å². The number of aromatic nitrogens is 2. The molecule has 0 fully saturated rings. The number of hydrogen-bond donors (Lipinski definition) is 4. The minimum atomic E-state index is -0.764. The summed E-state index contributed by atoms with van der Waals surface area (Å²) in [6.45, 7) is 11.8. The lowest BCUT2D eigenvalue weighted by molar-refractivity contribution is -0.397. The molecule has 0 aliphatic heterocycles. The molecule has 1 rings (SSSR count). The summed E-state index contributed by atoms with van der Waals surface area (Å²) in [6, 6.07) is 0. The van der Waals surface area contributed by atoms with Crippen LogP contribution in [0.25, 0.3) is 0 Å². The molecule has 0 amide bonds. The summed E-state index contributed by atoms with van der Waals surface area (Å²) in [5, 5.41) is 40.1. The van der Waals surface area contributed by atoms with Gasteiger partial charge in [0.2, 0.25) is 0 Å². The molecule has 12 nitrogen and oxygen atoms in total. The second-order valence-corrected chi connectivity index (χ2v) is 8.66. The van der Waals surface area contributed by atoms with Crippen LogP contribution in [0, 0.1) is 10.1 Å². The second-order valence-electron chi connectivity index (χ2n) is 8.66. The Bertz CT molecular complexity index is 789. The topological polar surface area (TPSA) is 159 Å². The molecule has 32 heavy (non-hydrogen) atoms. The van der Waals surface area contributed by atoms with Gasteiger partial charge in [-0.05, 0) is 51.9 Å². The molecule has 1 aromatic heterocycles. The average Bonchev–Trinajstić information content (AvgIpc) is 3.19. The fourth-order valence-corrected chi connectivity index (χ4v) is 3.21. The number of oxime groups is 2. The molecule has 0 saturated carbocycles. The number of unbranched alkanes of at least 4 members (excludes halogenated alkanes) is 1. The third-order valence-corrected chi connectivity index (χ3v) is 5.30. The van der Waals surface area contributed by atoms with Gasteiger partial charge in [0.15, 0.2) is 0 Å². The van der Waals surface area contributed by atoms with E-state index in [1.165, 1.54) is 17.0 Å². The fourth-order valence-electron chi connectivity index (χ4n) is 3.21. The van der Waals surface area contributed by atoms with Crippen molar-refractivity contribution in [2.24, 2.45) is 10.3 Å². The summed E-state index contributed by atoms with van der Waals surface area (Å²) in [6.07, 6.45) is 5.28. The van der Waals surface area contributed by atoms with Gasteiger partial charge in [0, 0.05) is 6.54 Å². The van der Waals surface area contributed by atoms with E-state index in [4.69, 9.17) is 4.84 Å². The maximum Gasteiger partial charge on any atom is 0.434 e. The standard InChI is InChI=1S/C20H37N7O5/c1-7-9-10-17(24-29)20(5,6)25-32-15(13-22-19(3,4)16(8-2)23-28)14-26-12-11-21-18(26)27(30)31/h11-12,15,22,25,28-29H,7-10,13-14H2,1-6H3. The van der Waals surface area contributed by atoms with E-state index in [1.54, 1.807) is 0 Å². The molecule has 12 heteroatoms. The van der Waals surface area contributed by atoms with Crippen molar-refractivity contribution in [1.29, 1.82) is 0 Å².